The first kappa shape index (κ1) is 16.2. The lowest BCUT2D eigenvalue weighted by Gasteiger charge is -2.23. The van der Waals surface area contributed by atoms with E-state index in [4.69, 9.17) is 5.11 Å². The molecule has 0 aromatic carbocycles. The third-order valence-corrected chi connectivity index (χ3v) is 6.72. The second-order valence-electron chi connectivity index (χ2n) is 5.10. The van der Waals surface area contributed by atoms with Crippen molar-refractivity contribution in [1.82, 2.24) is 4.72 Å². The summed E-state index contributed by atoms with van der Waals surface area (Å²) in [6, 6.07) is 5.18. The number of nitrogens with one attached hydrogen (secondary N) is 1. The van der Waals surface area contributed by atoms with E-state index in [-0.39, 0.29) is 21.7 Å². The van der Waals surface area contributed by atoms with Crippen LogP contribution in [0.2, 0.25) is 0 Å². The Kier molecular flexibility index (Phi) is 4.52. The molecule has 2 aromatic rings. The third kappa shape index (κ3) is 3.52. The molecule has 0 atom stereocenters. The Morgan fingerprint density at radius 1 is 1.29 bits per heavy atom. The van der Waals surface area contributed by atoms with Gasteiger partial charge in [-0.05, 0) is 22.9 Å². The number of thiophene rings is 2. The Bertz CT molecular complexity index is 729. The fraction of sp³-hybridized carbons (Fsp3) is 0.308. The van der Waals surface area contributed by atoms with Crippen molar-refractivity contribution >= 4 is 38.7 Å². The molecule has 2 heterocycles. The maximum Gasteiger partial charge on any atom is 0.347 e. The minimum atomic E-state index is -3.83. The number of hydrogen-bond donors (Lipinski definition) is 2. The summed E-state index contributed by atoms with van der Waals surface area (Å²) in [6.45, 7) is 4.07. The molecule has 0 amide bonds. The highest BCUT2D eigenvalue weighted by molar-refractivity contribution is 7.89. The van der Waals surface area contributed by atoms with Gasteiger partial charge in [-0.15, -0.1) is 22.7 Å². The summed E-state index contributed by atoms with van der Waals surface area (Å²) in [6.07, 6.45) is 0. The average Bonchev–Trinajstić information content (AvgIpc) is 3.07. The number of sulfonamides is 1. The van der Waals surface area contributed by atoms with Crippen molar-refractivity contribution in [2.45, 2.75) is 24.2 Å². The van der Waals surface area contributed by atoms with Gasteiger partial charge in [0.25, 0.3) is 0 Å². The van der Waals surface area contributed by atoms with Gasteiger partial charge in [-0.3, -0.25) is 0 Å². The number of carbonyl (C=O) groups is 1. The summed E-state index contributed by atoms with van der Waals surface area (Å²) < 4.78 is 27.0. The molecule has 5 nitrogen and oxygen atoms in total. The van der Waals surface area contributed by atoms with E-state index in [0.717, 1.165) is 16.2 Å². The van der Waals surface area contributed by atoms with Crippen LogP contribution >= 0.6 is 22.7 Å². The van der Waals surface area contributed by atoms with Crippen LogP contribution in [0.15, 0.2) is 33.9 Å². The van der Waals surface area contributed by atoms with Gasteiger partial charge in [0.2, 0.25) is 10.0 Å². The quantitative estimate of drug-likeness (QED) is 0.843. The van der Waals surface area contributed by atoms with Crippen LogP contribution in [0.25, 0.3) is 0 Å². The predicted molar refractivity (Wildman–Crippen MR) is 83.8 cm³/mol. The second-order valence-corrected chi connectivity index (χ2v) is 8.70. The molecule has 0 saturated carbocycles. The molecular weight excluding hydrogens is 330 g/mol. The Labute approximate surface area is 131 Å². The van der Waals surface area contributed by atoms with Crippen molar-refractivity contribution in [2.75, 3.05) is 6.54 Å². The Morgan fingerprint density at radius 2 is 2.00 bits per heavy atom. The van der Waals surface area contributed by atoms with Gasteiger partial charge >= 0.3 is 5.97 Å². The van der Waals surface area contributed by atoms with Crippen LogP contribution < -0.4 is 4.72 Å². The lowest BCUT2D eigenvalue weighted by molar-refractivity contribution is 0.0698. The van der Waals surface area contributed by atoms with Gasteiger partial charge < -0.3 is 5.11 Å². The van der Waals surface area contributed by atoms with Crippen LogP contribution in [0, 0.1) is 0 Å². The largest absolute Gasteiger partial charge is 0.477 e. The molecule has 0 aliphatic rings. The van der Waals surface area contributed by atoms with Crippen molar-refractivity contribution < 1.29 is 18.3 Å². The standard InChI is InChI=1S/C13H15NO4S3/c1-13(2,10-4-3-6-19-10)8-14-21(17,18)9-5-7-20-11(9)12(15)16/h3-7,14H,8H2,1-2H3,(H,15,16). The zero-order chi connectivity index (χ0) is 15.7. The predicted octanol–water partition coefficient (Wildman–Crippen LogP) is 2.76. The third-order valence-electron chi connectivity index (χ3n) is 3.01. The van der Waals surface area contributed by atoms with Gasteiger partial charge in [-0.2, -0.15) is 0 Å². The molecule has 0 bridgehead atoms. The molecule has 0 aliphatic heterocycles. The lowest BCUT2D eigenvalue weighted by atomic mass is 9.92. The maximum atomic E-state index is 12.3. The van der Waals surface area contributed by atoms with Crippen LogP contribution in [0.3, 0.4) is 0 Å². The fourth-order valence-corrected chi connectivity index (χ4v) is 5.09. The van der Waals surface area contributed by atoms with Crippen molar-refractivity contribution in [1.29, 1.82) is 0 Å². The summed E-state index contributed by atoms with van der Waals surface area (Å²) in [5, 5.41) is 12.4. The molecule has 0 unspecified atom stereocenters. The average molecular weight is 345 g/mol. The number of carboxylic acids is 1. The Balaban J connectivity index is 2.19. The molecular formula is C13H15NO4S3. The highest BCUT2D eigenvalue weighted by Crippen LogP contribution is 2.28. The maximum absolute atomic E-state index is 12.3. The number of rotatable bonds is 6. The number of aromatic carboxylic acids is 1. The molecule has 114 valence electrons. The van der Waals surface area contributed by atoms with E-state index in [0.29, 0.717) is 0 Å². The summed E-state index contributed by atoms with van der Waals surface area (Å²) in [5.41, 5.74) is -0.360. The molecule has 21 heavy (non-hydrogen) atoms. The monoisotopic (exact) mass is 345 g/mol. The van der Waals surface area contributed by atoms with Crippen molar-refractivity contribution in [3.05, 3.63) is 38.7 Å². The molecule has 2 N–H and O–H groups in total. The smallest absolute Gasteiger partial charge is 0.347 e. The highest BCUT2D eigenvalue weighted by Gasteiger charge is 2.28. The molecule has 0 spiro atoms. The zero-order valence-corrected chi connectivity index (χ0v) is 13.9. The van der Waals surface area contributed by atoms with Gasteiger partial charge in [0.1, 0.15) is 9.77 Å². The van der Waals surface area contributed by atoms with Crippen LogP contribution in [-0.4, -0.2) is 26.0 Å². The topological polar surface area (TPSA) is 83.5 Å². The molecule has 0 saturated heterocycles. The molecule has 8 heteroatoms. The first-order valence-electron chi connectivity index (χ1n) is 6.08. The zero-order valence-electron chi connectivity index (χ0n) is 11.5. The minimum Gasteiger partial charge on any atom is -0.477 e. The van der Waals surface area contributed by atoms with Crippen LogP contribution in [0.4, 0.5) is 0 Å². The molecule has 0 aliphatic carbocycles. The summed E-state index contributed by atoms with van der Waals surface area (Å²) in [4.78, 5) is 11.8. The van der Waals surface area contributed by atoms with E-state index in [1.165, 1.54) is 11.4 Å². The van der Waals surface area contributed by atoms with Crippen molar-refractivity contribution in [3.8, 4) is 0 Å². The normalized spacial score (nSPS) is 12.5. The van der Waals surface area contributed by atoms with Gasteiger partial charge in [0.15, 0.2) is 0 Å². The summed E-state index contributed by atoms with van der Waals surface area (Å²) in [7, 11) is -3.83. The van der Waals surface area contributed by atoms with Gasteiger partial charge in [-0.25, -0.2) is 17.9 Å². The van der Waals surface area contributed by atoms with Gasteiger partial charge in [0.05, 0.1) is 0 Å². The number of hydrogen-bond acceptors (Lipinski definition) is 5. The van der Waals surface area contributed by atoms with Crippen LogP contribution in [0.5, 0.6) is 0 Å². The first-order chi connectivity index (χ1) is 9.74. The van der Waals surface area contributed by atoms with Crippen molar-refractivity contribution in [2.24, 2.45) is 0 Å². The Morgan fingerprint density at radius 3 is 2.57 bits per heavy atom. The molecule has 0 radical (unpaired) electrons. The van der Waals surface area contributed by atoms with Crippen LogP contribution in [0.1, 0.15) is 28.4 Å². The van der Waals surface area contributed by atoms with Gasteiger partial charge in [-0.1, -0.05) is 19.9 Å². The second kappa shape index (κ2) is 5.88. The first-order valence-corrected chi connectivity index (χ1v) is 9.33. The van der Waals surface area contributed by atoms with E-state index in [9.17, 15) is 13.2 Å². The van der Waals surface area contributed by atoms with Gasteiger partial charge in [0, 0.05) is 16.8 Å². The minimum absolute atomic E-state index is 0.170. The van der Waals surface area contributed by atoms with Crippen molar-refractivity contribution in [3.63, 3.8) is 0 Å². The fourth-order valence-electron chi connectivity index (χ4n) is 1.77. The summed E-state index contributed by atoms with van der Waals surface area (Å²) >= 11 is 2.46. The van der Waals surface area contributed by atoms with E-state index in [1.54, 1.807) is 11.3 Å². The Hall–Kier alpha value is -1.22. The molecule has 2 rings (SSSR count). The summed E-state index contributed by atoms with van der Waals surface area (Å²) in [5.74, 6) is -1.23. The van der Waals surface area contributed by atoms with Crippen LogP contribution in [-0.2, 0) is 15.4 Å². The molecule has 2 aromatic heterocycles. The highest BCUT2D eigenvalue weighted by atomic mass is 32.2. The SMILES string of the molecule is CC(C)(CNS(=O)(=O)c1ccsc1C(=O)O)c1cccs1. The lowest BCUT2D eigenvalue weighted by Crippen LogP contribution is -2.36. The van der Waals surface area contributed by atoms with E-state index in [2.05, 4.69) is 4.72 Å². The molecule has 0 fully saturated rings. The van der Waals surface area contributed by atoms with E-state index < -0.39 is 16.0 Å². The number of carboxylic acid groups (broad SMARTS) is 1. The van der Waals surface area contributed by atoms with E-state index in [1.807, 2.05) is 31.4 Å². The van der Waals surface area contributed by atoms with E-state index >= 15 is 0 Å².